The Morgan fingerprint density at radius 2 is 2.07 bits per heavy atom. The molecule has 0 saturated heterocycles. The standard InChI is InChI=1S/C9H10NO3P/c11-6-10-8-3-1-7(2-4-8)5-13-9(12)14/h1-4,6H,5,14H2,(H,10,11). The van der Waals surface area contributed by atoms with Crippen LogP contribution in [0.15, 0.2) is 24.3 Å². The van der Waals surface area contributed by atoms with Crippen molar-refractivity contribution in [1.82, 2.24) is 0 Å². The van der Waals surface area contributed by atoms with E-state index in [9.17, 15) is 9.59 Å². The van der Waals surface area contributed by atoms with E-state index in [0.29, 0.717) is 12.1 Å². The summed E-state index contributed by atoms with van der Waals surface area (Å²) in [6.07, 6.45) is 0.609. The van der Waals surface area contributed by atoms with E-state index < -0.39 is 0 Å². The molecule has 1 atom stereocenters. The lowest BCUT2D eigenvalue weighted by Gasteiger charge is -2.03. The highest BCUT2D eigenvalue weighted by Gasteiger charge is 1.96. The molecule has 0 fully saturated rings. The molecule has 0 aliphatic rings. The van der Waals surface area contributed by atoms with Gasteiger partial charge in [-0.15, -0.1) is 0 Å². The van der Waals surface area contributed by atoms with E-state index in [2.05, 4.69) is 5.32 Å². The van der Waals surface area contributed by atoms with Crippen molar-refractivity contribution >= 4 is 27.0 Å². The maximum atomic E-state index is 10.5. The first-order chi connectivity index (χ1) is 6.72. The van der Waals surface area contributed by atoms with E-state index >= 15 is 0 Å². The number of ether oxygens (including phenoxy) is 1. The number of nitrogens with one attached hydrogen (secondary N) is 1. The van der Waals surface area contributed by atoms with E-state index in [1.165, 1.54) is 0 Å². The third kappa shape index (κ3) is 3.54. The Bertz CT molecular complexity index is 323. The quantitative estimate of drug-likeness (QED) is 0.609. The Morgan fingerprint density at radius 3 is 2.57 bits per heavy atom. The molecule has 14 heavy (non-hydrogen) atoms. The summed E-state index contributed by atoms with van der Waals surface area (Å²) in [6, 6.07) is 7.03. The lowest BCUT2D eigenvalue weighted by Crippen LogP contribution is -1.96. The van der Waals surface area contributed by atoms with Crippen LogP contribution in [0, 0.1) is 0 Å². The van der Waals surface area contributed by atoms with Gasteiger partial charge in [-0.3, -0.25) is 4.79 Å². The molecule has 74 valence electrons. The zero-order valence-corrected chi connectivity index (χ0v) is 8.55. The second-order valence-corrected chi connectivity index (χ2v) is 3.04. The predicted molar refractivity (Wildman–Crippen MR) is 56.0 cm³/mol. The summed E-state index contributed by atoms with van der Waals surface area (Å²) in [5, 5.41) is 2.51. The highest BCUT2D eigenvalue weighted by Crippen LogP contribution is 2.10. The molecule has 1 unspecified atom stereocenters. The van der Waals surface area contributed by atoms with Gasteiger partial charge < -0.3 is 10.1 Å². The van der Waals surface area contributed by atoms with Gasteiger partial charge >= 0.3 is 5.71 Å². The molecule has 4 nitrogen and oxygen atoms in total. The second-order valence-electron chi connectivity index (χ2n) is 2.57. The number of carbonyl (C=O) groups is 2. The molecule has 0 bridgehead atoms. The SMILES string of the molecule is O=CNc1ccc(COC(=O)P)cc1. The summed E-state index contributed by atoms with van der Waals surface area (Å²) < 4.78 is 4.76. The largest absolute Gasteiger partial charge is 0.458 e. The lowest BCUT2D eigenvalue weighted by atomic mass is 10.2. The van der Waals surface area contributed by atoms with Crippen LogP contribution in [0.3, 0.4) is 0 Å². The zero-order valence-electron chi connectivity index (χ0n) is 7.40. The van der Waals surface area contributed by atoms with Gasteiger partial charge in [-0.05, 0) is 26.9 Å². The minimum Gasteiger partial charge on any atom is -0.458 e. The lowest BCUT2D eigenvalue weighted by molar-refractivity contribution is -0.105. The number of hydrogen-bond acceptors (Lipinski definition) is 3. The van der Waals surface area contributed by atoms with Crippen LogP contribution in [-0.2, 0) is 16.1 Å². The maximum absolute atomic E-state index is 10.5. The van der Waals surface area contributed by atoms with Crippen molar-refractivity contribution < 1.29 is 14.3 Å². The van der Waals surface area contributed by atoms with Gasteiger partial charge in [0.2, 0.25) is 6.41 Å². The van der Waals surface area contributed by atoms with Gasteiger partial charge in [0.05, 0.1) is 0 Å². The Labute approximate surface area is 83.8 Å². The Morgan fingerprint density at radius 1 is 1.43 bits per heavy atom. The van der Waals surface area contributed by atoms with Crippen LogP contribution in [0.5, 0.6) is 0 Å². The first-order valence-electron chi connectivity index (χ1n) is 3.93. The van der Waals surface area contributed by atoms with E-state index in [1.807, 2.05) is 9.24 Å². The van der Waals surface area contributed by atoms with Crippen molar-refractivity contribution in [2.45, 2.75) is 6.61 Å². The van der Waals surface area contributed by atoms with Crippen molar-refractivity contribution in [3.8, 4) is 0 Å². The molecule has 0 aliphatic heterocycles. The summed E-state index contributed by atoms with van der Waals surface area (Å²) in [4.78, 5) is 20.6. The van der Waals surface area contributed by atoms with Gasteiger partial charge in [-0.25, -0.2) is 4.79 Å². The Balaban J connectivity index is 2.54. The summed E-state index contributed by atoms with van der Waals surface area (Å²) in [6.45, 7) is 0.240. The molecule has 1 rings (SSSR count). The van der Waals surface area contributed by atoms with Crippen molar-refractivity contribution in [1.29, 1.82) is 0 Å². The molecular formula is C9H10NO3P. The molecule has 1 amide bonds. The third-order valence-corrected chi connectivity index (χ3v) is 1.73. The van der Waals surface area contributed by atoms with Gasteiger partial charge in [-0.2, -0.15) is 0 Å². The third-order valence-electron chi connectivity index (χ3n) is 1.56. The molecule has 1 aromatic carbocycles. The van der Waals surface area contributed by atoms with Crippen molar-refractivity contribution in [3.05, 3.63) is 29.8 Å². The van der Waals surface area contributed by atoms with Gasteiger partial charge in [0.25, 0.3) is 0 Å². The van der Waals surface area contributed by atoms with E-state index in [1.54, 1.807) is 24.3 Å². The van der Waals surface area contributed by atoms with Crippen LogP contribution < -0.4 is 5.32 Å². The first-order valence-corrected chi connectivity index (χ1v) is 4.51. The monoisotopic (exact) mass is 211 g/mol. The molecule has 0 radical (unpaired) electrons. The van der Waals surface area contributed by atoms with Gasteiger partial charge in [0, 0.05) is 5.69 Å². The maximum Gasteiger partial charge on any atom is 0.320 e. The molecule has 0 heterocycles. The number of amides is 1. The molecule has 1 N–H and O–H groups in total. The molecule has 0 spiro atoms. The highest BCUT2D eigenvalue weighted by atomic mass is 31.0. The van der Waals surface area contributed by atoms with Crippen molar-refractivity contribution in [3.63, 3.8) is 0 Å². The summed E-state index contributed by atoms with van der Waals surface area (Å²) in [5.74, 6) is 0. The Kier molecular flexibility index (Phi) is 4.08. The van der Waals surface area contributed by atoms with Crippen LogP contribution >= 0.6 is 9.24 Å². The van der Waals surface area contributed by atoms with E-state index in [4.69, 9.17) is 4.74 Å². The van der Waals surface area contributed by atoms with Gasteiger partial charge in [0.1, 0.15) is 6.61 Å². The topological polar surface area (TPSA) is 55.4 Å². The number of carbonyl (C=O) groups excluding carboxylic acids is 2. The van der Waals surface area contributed by atoms with Crippen molar-refractivity contribution in [2.75, 3.05) is 5.32 Å². The summed E-state index contributed by atoms with van der Waals surface area (Å²) >= 11 is 0. The van der Waals surface area contributed by atoms with Gasteiger partial charge in [-0.1, -0.05) is 12.1 Å². The normalized spacial score (nSPS) is 9.21. The fraction of sp³-hybridized carbons (Fsp3) is 0.111. The molecule has 1 aromatic rings. The van der Waals surface area contributed by atoms with Crippen molar-refractivity contribution in [2.24, 2.45) is 0 Å². The fourth-order valence-electron chi connectivity index (χ4n) is 0.920. The minimum atomic E-state index is -0.389. The molecule has 5 heteroatoms. The Hall–Kier alpha value is -1.41. The fourth-order valence-corrected chi connectivity index (χ4v) is 1.00. The molecule has 0 aromatic heterocycles. The van der Waals surface area contributed by atoms with Gasteiger partial charge in [0.15, 0.2) is 0 Å². The van der Waals surface area contributed by atoms with E-state index in [-0.39, 0.29) is 12.3 Å². The minimum absolute atomic E-state index is 0.240. The van der Waals surface area contributed by atoms with Crippen LogP contribution in [0.1, 0.15) is 5.56 Å². The first kappa shape index (κ1) is 10.7. The molecule has 0 aliphatic carbocycles. The molecule has 0 saturated carbocycles. The van der Waals surface area contributed by atoms with Crippen LogP contribution in [0.2, 0.25) is 0 Å². The second kappa shape index (κ2) is 5.35. The van der Waals surface area contributed by atoms with Crippen LogP contribution in [0.25, 0.3) is 0 Å². The summed E-state index contributed by atoms with van der Waals surface area (Å²) in [7, 11) is 1.94. The average Bonchev–Trinajstić information content (AvgIpc) is 2.17. The van der Waals surface area contributed by atoms with Crippen LogP contribution in [-0.4, -0.2) is 12.1 Å². The van der Waals surface area contributed by atoms with Crippen LogP contribution in [0.4, 0.5) is 10.5 Å². The smallest absolute Gasteiger partial charge is 0.320 e. The number of benzene rings is 1. The number of rotatable bonds is 4. The highest BCUT2D eigenvalue weighted by molar-refractivity contribution is 7.39. The summed E-state index contributed by atoms with van der Waals surface area (Å²) in [5.41, 5.74) is 1.19. The molecular weight excluding hydrogens is 201 g/mol. The zero-order chi connectivity index (χ0) is 10.4. The number of hydrogen-bond donors (Lipinski definition) is 1. The average molecular weight is 211 g/mol. The predicted octanol–water partition coefficient (Wildman–Crippen LogP) is 1.77. The number of anilines is 1. The van der Waals surface area contributed by atoms with E-state index in [0.717, 1.165) is 5.56 Å².